The lowest BCUT2D eigenvalue weighted by atomic mass is 9.85. The van der Waals surface area contributed by atoms with Crippen molar-refractivity contribution in [3.63, 3.8) is 0 Å². The quantitative estimate of drug-likeness (QED) is 0.794. The minimum Gasteiger partial charge on any atom is -0.395 e. The molecular formula is C13H23NO2. The Hall–Kier alpha value is -0.570. The van der Waals surface area contributed by atoms with E-state index in [0.717, 1.165) is 25.7 Å². The molecular weight excluding hydrogens is 202 g/mol. The highest BCUT2D eigenvalue weighted by Crippen LogP contribution is 2.30. The van der Waals surface area contributed by atoms with Gasteiger partial charge in [-0.25, -0.2) is 0 Å². The molecule has 0 aromatic heterocycles. The third kappa shape index (κ3) is 2.57. The maximum absolute atomic E-state index is 12.3. The van der Waals surface area contributed by atoms with Crippen LogP contribution in [0.1, 0.15) is 51.4 Å². The van der Waals surface area contributed by atoms with Gasteiger partial charge in [0.15, 0.2) is 0 Å². The number of carbonyl (C=O) groups is 1. The normalized spacial score (nSPS) is 22.8. The molecule has 0 aromatic rings. The average Bonchev–Trinajstić information content (AvgIpc) is 2.26. The first-order chi connectivity index (χ1) is 7.83. The van der Waals surface area contributed by atoms with Crippen molar-refractivity contribution in [2.24, 2.45) is 5.92 Å². The monoisotopic (exact) mass is 225 g/mol. The van der Waals surface area contributed by atoms with E-state index >= 15 is 0 Å². The Kier molecular flexibility index (Phi) is 4.22. The molecule has 3 nitrogen and oxygen atoms in total. The summed E-state index contributed by atoms with van der Waals surface area (Å²) in [6.07, 6.45) is 9.33. The lowest BCUT2D eigenvalue weighted by Crippen LogP contribution is -2.48. The van der Waals surface area contributed by atoms with Crippen molar-refractivity contribution >= 4 is 5.91 Å². The Bertz CT molecular complexity index is 232. The van der Waals surface area contributed by atoms with E-state index in [9.17, 15) is 4.79 Å². The minimum atomic E-state index is 0.106. The third-order valence-electron chi connectivity index (χ3n) is 4.09. The molecule has 0 saturated heterocycles. The fourth-order valence-corrected chi connectivity index (χ4v) is 2.86. The molecule has 1 amide bonds. The molecule has 2 fully saturated rings. The Morgan fingerprint density at radius 1 is 1.06 bits per heavy atom. The van der Waals surface area contributed by atoms with Crippen molar-refractivity contribution < 1.29 is 9.90 Å². The van der Waals surface area contributed by atoms with E-state index in [0.29, 0.717) is 18.5 Å². The zero-order chi connectivity index (χ0) is 11.4. The molecule has 16 heavy (non-hydrogen) atoms. The number of hydrogen-bond donors (Lipinski definition) is 1. The first-order valence-corrected chi connectivity index (χ1v) is 6.74. The summed E-state index contributed by atoms with van der Waals surface area (Å²) in [6, 6.07) is 0.432. The second-order valence-corrected chi connectivity index (χ2v) is 5.17. The van der Waals surface area contributed by atoms with Crippen molar-refractivity contribution in [3.8, 4) is 0 Å². The number of nitrogens with zero attached hydrogens (tertiary/aromatic N) is 1. The van der Waals surface area contributed by atoms with Gasteiger partial charge in [-0.15, -0.1) is 0 Å². The SMILES string of the molecule is O=C(C1CCCCC1)N(CCO)C1CCC1. The molecule has 0 radical (unpaired) electrons. The standard InChI is InChI=1S/C13H23NO2/c15-10-9-14(12-7-4-8-12)13(16)11-5-2-1-3-6-11/h11-12,15H,1-10H2. The van der Waals surface area contributed by atoms with Gasteiger partial charge in [0.1, 0.15) is 0 Å². The number of rotatable bonds is 4. The van der Waals surface area contributed by atoms with Gasteiger partial charge in [0, 0.05) is 18.5 Å². The number of hydrogen-bond acceptors (Lipinski definition) is 2. The van der Waals surface area contributed by atoms with E-state index in [1.807, 2.05) is 4.90 Å². The van der Waals surface area contributed by atoms with Gasteiger partial charge in [0.05, 0.1) is 6.61 Å². The molecule has 0 unspecified atom stereocenters. The molecule has 2 saturated carbocycles. The lowest BCUT2D eigenvalue weighted by Gasteiger charge is -2.39. The Morgan fingerprint density at radius 2 is 1.75 bits per heavy atom. The van der Waals surface area contributed by atoms with Crippen LogP contribution in [0.3, 0.4) is 0 Å². The van der Waals surface area contributed by atoms with Gasteiger partial charge in [0.25, 0.3) is 0 Å². The summed E-state index contributed by atoms with van der Waals surface area (Å²) in [7, 11) is 0. The Balaban J connectivity index is 1.92. The molecule has 2 aliphatic carbocycles. The van der Waals surface area contributed by atoms with Crippen molar-refractivity contribution in [3.05, 3.63) is 0 Å². The van der Waals surface area contributed by atoms with E-state index in [1.165, 1.54) is 25.7 Å². The molecule has 0 aromatic carbocycles. The lowest BCUT2D eigenvalue weighted by molar-refractivity contribution is -0.141. The fraction of sp³-hybridized carbons (Fsp3) is 0.923. The highest BCUT2D eigenvalue weighted by atomic mass is 16.3. The van der Waals surface area contributed by atoms with Crippen LogP contribution >= 0.6 is 0 Å². The second kappa shape index (κ2) is 5.67. The van der Waals surface area contributed by atoms with Crippen LogP contribution in [0.25, 0.3) is 0 Å². The topological polar surface area (TPSA) is 40.5 Å². The first-order valence-electron chi connectivity index (χ1n) is 6.74. The molecule has 0 atom stereocenters. The van der Waals surface area contributed by atoms with E-state index in [1.54, 1.807) is 0 Å². The second-order valence-electron chi connectivity index (χ2n) is 5.17. The summed E-state index contributed by atoms with van der Waals surface area (Å²) in [5, 5.41) is 9.06. The smallest absolute Gasteiger partial charge is 0.226 e. The molecule has 0 bridgehead atoms. The zero-order valence-corrected chi connectivity index (χ0v) is 10.0. The van der Waals surface area contributed by atoms with Gasteiger partial charge < -0.3 is 10.0 Å². The van der Waals surface area contributed by atoms with Gasteiger partial charge in [0.2, 0.25) is 5.91 Å². The first kappa shape index (κ1) is 11.9. The predicted molar refractivity (Wildman–Crippen MR) is 63.0 cm³/mol. The minimum absolute atomic E-state index is 0.106. The van der Waals surface area contributed by atoms with E-state index < -0.39 is 0 Å². The van der Waals surface area contributed by atoms with Crippen molar-refractivity contribution in [1.29, 1.82) is 0 Å². The van der Waals surface area contributed by atoms with E-state index in [-0.39, 0.29) is 12.5 Å². The van der Waals surface area contributed by atoms with Crippen LogP contribution in [-0.2, 0) is 4.79 Å². The van der Waals surface area contributed by atoms with Crippen LogP contribution < -0.4 is 0 Å². The summed E-state index contributed by atoms with van der Waals surface area (Å²) in [5.74, 6) is 0.569. The van der Waals surface area contributed by atoms with Gasteiger partial charge in [-0.1, -0.05) is 19.3 Å². The average molecular weight is 225 g/mol. The van der Waals surface area contributed by atoms with Crippen molar-refractivity contribution in [1.82, 2.24) is 4.90 Å². The van der Waals surface area contributed by atoms with Crippen LogP contribution in [-0.4, -0.2) is 35.1 Å². The van der Waals surface area contributed by atoms with Crippen LogP contribution in [0.15, 0.2) is 0 Å². The molecule has 1 N–H and O–H groups in total. The summed E-state index contributed by atoms with van der Waals surface area (Å²) in [6.45, 7) is 0.648. The predicted octanol–water partition coefficient (Wildman–Crippen LogP) is 1.94. The number of carbonyl (C=O) groups excluding carboxylic acids is 1. The Morgan fingerprint density at radius 3 is 2.25 bits per heavy atom. The molecule has 2 rings (SSSR count). The number of amides is 1. The van der Waals surface area contributed by atoms with Crippen molar-refractivity contribution in [2.75, 3.05) is 13.2 Å². The fourth-order valence-electron chi connectivity index (χ4n) is 2.86. The molecule has 0 heterocycles. The largest absolute Gasteiger partial charge is 0.395 e. The molecule has 0 spiro atoms. The zero-order valence-electron chi connectivity index (χ0n) is 10.0. The van der Waals surface area contributed by atoms with E-state index in [4.69, 9.17) is 5.11 Å². The highest BCUT2D eigenvalue weighted by molar-refractivity contribution is 5.79. The molecule has 0 aliphatic heterocycles. The van der Waals surface area contributed by atoms with Gasteiger partial charge in [-0.3, -0.25) is 4.79 Å². The maximum atomic E-state index is 12.3. The summed E-state index contributed by atoms with van der Waals surface area (Å²) in [5.41, 5.74) is 0. The van der Waals surface area contributed by atoms with Gasteiger partial charge in [-0.2, -0.15) is 0 Å². The molecule has 3 heteroatoms. The van der Waals surface area contributed by atoms with Crippen LogP contribution in [0.2, 0.25) is 0 Å². The molecule has 92 valence electrons. The maximum Gasteiger partial charge on any atom is 0.226 e. The third-order valence-corrected chi connectivity index (χ3v) is 4.09. The van der Waals surface area contributed by atoms with Gasteiger partial charge in [-0.05, 0) is 32.1 Å². The van der Waals surface area contributed by atoms with Crippen LogP contribution in [0.5, 0.6) is 0 Å². The highest BCUT2D eigenvalue weighted by Gasteiger charge is 2.32. The number of aliphatic hydroxyl groups excluding tert-OH is 1. The van der Waals surface area contributed by atoms with Crippen LogP contribution in [0.4, 0.5) is 0 Å². The summed E-state index contributed by atoms with van der Waals surface area (Å²) >= 11 is 0. The van der Waals surface area contributed by atoms with Crippen LogP contribution in [0, 0.1) is 5.92 Å². The number of aliphatic hydroxyl groups is 1. The van der Waals surface area contributed by atoms with Gasteiger partial charge >= 0.3 is 0 Å². The van der Waals surface area contributed by atoms with Crippen molar-refractivity contribution in [2.45, 2.75) is 57.4 Å². The summed E-state index contributed by atoms with van der Waals surface area (Å²) in [4.78, 5) is 14.3. The van der Waals surface area contributed by atoms with E-state index in [2.05, 4.69) is 0 Å². The molecule has 2 aliphatic rings. The summed E-state index contributed by atoms with van der Waals surface area (Å²) < 4.78 is 0. The Labute approximate surface area is 97.8 Å².